The monoisotopic (exact) mass is 217 g/mol. The molecule has 2 rings (SSSR count). The fraction of sp³-hybridized carbons (Fsp3) is 0.308. The first-order chi connectivity index (χ1) is 7.75. The summed E-state index contributed by atoms with van der Waals surface area (Å²) in [5, 5.41) is 12.1. The number of hydrogen-bond donors (Lipinski definition) is 2. The Labute approximate surface area is 94.8 Å². The van der Waals surface area contributed by atoms with Crippen molar-refractivity contribution in [1.29, 1.82) is 0 Å². The minimum Gasteiger partial charge on any atom is -0.478 e. The number of rotatable bonds is 3. The molecule has 0 aliphatic heterocycles. The zero-order valence-corrected chi connectivity index (χ0v) is 9.02. The third kappa shape index (κ3) is 2.63. The van der Waals surface area contributed by atoms with Crippen molar-refractivity contribution in [3.8, 4) is 0 Å². The summed E-state index contributed by atoms with van der Waals surface area (Å²) in [4.78, 5) is 10.7. The summed E-state index contributed by atoms with van der Waals surface area (Å²) < 4.78 is 0. The van der Waals surface area contributed by atoms with E-state index in [9.17, 15) is 4.79 Å². The molecule has 84 valence electrons. The average Bonchev–Trinajstić information content (AvgIpc) is 2.31. The van der Waals surface area contributed by atoms with Crippen molar-refractivity contribution < 1.29 is 9.90 Å². The predicted octanol–water partition coefficient (Wildman–Crippen LogP) is 2.91. The van der Waals surface area contributed by atoms with Crippen LogP contribution in [0.3, 0.4) is 0 Å². The van der Waals surface area contributed by atoms with Gasteiger partial charge in [0.15, 0.2) is 0 Å². The SMILES string of the molecule is O=C(O)c1ccc(NC2C=CCCC2)cc1. The highest BCUT2D eigenvalue weighted by molar-refractivity contribution is 5.88. The first kappa shape index (κ1) is 10.7. The molecular formula is C13H15NO2. The van der Waals surface area contributed by atoms with Gasteiger partial charge in [-0.3, -0.25) is 0 Å². The number of anilines is 1. The van der Waals surface area contributed by atoms with Crippen LogP contribution >= 0.6 is 0 Å². The normalized spacial score (nSPS) is 19.4. The van der Waals surface area contributed by atoms with E-state index in [1.807, 2.05) is 12.1 Å². The summed E-state index contributed by atoms with van der Waals surface area (Å²) in [5.74, 6) is -0.885. The number of aromatic carboxylic acids is 1. The van der Waals surface area contributed by atoms with Crippen LogP contribution in [0.4, 0.5) is 5.69 Å². The van der Waals surface area contributed by atoms with Crippen LogP contribution in [0.15, 0.2) is 36.4 Å². The van der Waals surface area contributed by atoms with Gasteiger partial charge in [0.05, 0.1) is 5.56 Å². The van der Waals surface area contributed by atoms with Gasteiger partial charge in [0.1, 0.15) is 0 Å². The van der Waals surface area contributed by atoms with Gasteiger partial charge in [-0.25, -0.2) is 4.79 Å². The summed E-state index contributed by atoms with van der Waals surface area (Å²) >= 11 is 0. The van der Waals surface area contributed by atoms with Crippen molar-refractivity contribution in [1.82, 2.24) is 0 Å². The third-order valence-corrected chi connectivity index (χ3v) is 2.74. The predicted molar refractivity (Wildman–Crippen MR) is 63.8 cm³/mol. The van der Waals surface area contributed by atoms with E-state index in [0.717, 1.165) is 18.5 Å². The number of hydrogen-bond acceptors (Lipinski definition) is 2. The molecule has 3 heteroatoms. The maximum atomic E-state index is 10.7. The Morgan fingerprint density at radius 3 is 2.62 bits per heavy atom. The molecular weight excluding hydrogens is 202 g/mol. The second-order valence-corrected chi connectivity index (χ2v) is 3.99. The molecule has 0 saturated heterocycles. The lowest BCUT2D eigenvalue weighted by Crippen LogP contribution is -2.18. The van der Waals surface area contributed by atoms with Crippen LogP contribution in [0.1, 0.15) is 29.6 Å². The average molecular weight is 217 g/mol. The van der Waals surface area contributed by atoms with Gasteiger partial charge in [0.2, 0.25) is 0 Å². The Bertz CT molecular complexity index is 395. The standard InChI is InChI=1S/C13H15NO2/c15-13(16)10-6-8-12(9-7-10)14-11-4-2-1-3-5-11/h2,4,6-9,11,14H,1,3,5H2,(H,15,16). The number of carboxylic acids is 1. The molecule has 2 N–H and O–H groups in total. The van der Waals surface area contributed by atoms with Gasteiger partial charge in [-0.2, -0.15) is 0 Å². The molecule has 0 fully saturated rings. The molecule has 1 aliphatic rings. The van der Waals surface area contributed by atoms with Gasteiger partial charge in [-0.15, -0.1) is 0 Å². The van der Waals surface area contributed by atoms with Crippen LogP contribution in [-0.2, 0) is 0 Å². The molecule has 1 atom stereocenters. The Morgan fingerprint density at radius 2 is 2.06 bits per heavy atom. The number of benzene rings is 1. The van der Waals surface area contributed by atoms with Gasteiger partial charge >= 0.3 is 5.97 Å². The lowest BCUT2D eigenvalue weighted by Gasteiger charge is -2.19. The molecule has 0 spiro atoms. The second kappa shape index (κ2) is 4.84. The Balaban J connectivity index is 2.02. The fourth-order valence-corrected chi connectivity index (χ4v) is 1.86. The van der Waals surface area contributed by atoms with E-state index in [0.29, 0.717) is 11.6 Å². The van der Waals surface area contributed by atoms with E-state index in [1.54, 1.807) is 12.1 Å². The van der Waals surface area contributed by atoms with Crippen LogP contribution in [-0.4, -0.2) is 17.1 Å². The summed E-state index contributed by atoms with van der Waals surface area (Å²) in [6.45, 7) is 0. The quantitative estimate of drug-likeness (QED) is 0.765. The highest BCUT2D eigenvalue weighted by Crippen LogP contribution is 2.17. The van der Waals surface area contributed by atoms with Crippen molar-refractivity contribution in [3.05, 3.63) is 42.0 Å². The molecule has 0 saturated carbocycles. The molecule has 16 heavy (non-hydrogen) atoms. The van der Waals surface area contributed by atoms with E-state index in [-0.39, 0.29) is 0 Å². The molecule has 1 unspecified atom stereocenters. The first-order valence-electron chi connectivity index (χ1n) is 5.52. The van der Waals surface area contributed by atoms with Crippen LogP contribution in [0.25, 0.3) is 0 Å². The third-order valence-electron chi connectivity index (χ3n) is 2.74. The molecule has 1 aromatic rings. The van der Waals surface area contributed by atoms with Crippen molar-refractivity contribution in [2.45, 2.75) is 25.3 Å². The molecule has 0 bridgehead atoms. The second-order valence-electron chi connectivity index (χ2n) is 3.99. The van der Waals surface area contributed by atoms with Gasteiger partial charge in [0.25, 0.3) is 0 Å². The van der Waals surface area contributed by atoms with Crippen LogP contribution < -0.4 is 5.32 Å². The Hall–Kier alpha value is -1.77. The summed E-state index contributed by atoms with van der Waals surface area (Å²) in [5.41, 5.74) is 1.30. The highest BCUT2D eigenvalue weighted by atomic mass is 16.4. The summed E-state index contributed by atoms with van der Waals surface area (Å²) in [6, 6.07) is 7.25. The highest BCUT2D eigenvalue weighted by Gasteiger charge is 2.08. The first-order valence-corrected chi connectivity index (χ1v) is 5.52. The summed E-state index contributed by atoms with van der Waals surface area (Å²) in [6.07, 6.45) is 7.87. The zero-order chi connectivity index (χ0) is 11.4. The van der Waals surface area contributed by atoms with E-state index >= 15 is 0 Å². The van der Waals surface area contributed by atoms with E-state index < -0.39 is 5.97 Å². The maximum absolute atomic E-state index is 10.7. The van der Waals surface area contributed by atoms with Gasteiger partial charge in [-0.1, -0.05) is 12.2 Å². The van der Waals surface area contributed by atoms with E-state index in [1.165, 1.54) is 6.42 Å². The molecule has 3 nitrogen and oxygen atoms in total. The molecule has 0 heterocycles. The van der Waals surface area contributed by atoms with Crippen molar-refractivity contribution in [2.75, 3.05) is 5.32 Å². The smallest absolute Gasteiger partial charge is 0.335 e. The Kier molecular flexibility index (Phi) is 3.25. The lowest BCUT2D eigenvalue weighted by molar-refractivity contribution is 0.0697. The fourth-order valence-electron chi connectivity index (χ4n) is 1.86. The molecule has 1 aliphatic carbocycles. The lowest BCUT2D eigenvalue weighted by atomic mass is 10.0. The number of nitrogens with one attached hydrogen (secondary N) is 1. The largest absolute Gasteiger partial charge is 0.478 e. The number of carbonyl (C=O) groups is 1. The number of carboxylic acid groups (broad SMARTS) is 1. The van der Waals surface area contributed by atoms with Crippen LogP contribution in [0.2, 0.25) is 0 Å². The summed E-state index contributed by atoms with van der Waals surface area (Å²) in [7, 11) is 0. The molecule has 0 amide bonds. The van der Waals surface area contributed by atoms with Gasteiger partial charge in [-0.05, 0) is 43.5 Å². The number of allylic oxidation sites excluding steroid dienone is 1. The van der Waals surface area contributed by atoms with E-state index in [4.69, 9.17) is 5.11 Å². The topological polar surface area (TPSA) is 49.3 Å². The van der Waals surface area contributed by atoms with E-state index in [2.05, 4.69) is 17.5 Å². The Morgan fingerprint density at radius 1 is 1.31 bits per heavy atom. The minimum absolute atomic E-state index is 0.324. The van der Waals surface area contributed by atoms with Crippen LogP contribution in [0, 0.1) is 0 Å². The van der Waals surface area contributed by atoms with Crippen LogP contribution in [0.5, 0.6) is 0 Å². The van der Waals surface area contributed by atoms with Crippen molar-refractivity contribution >= 4 is 11.7 Å². The molecule has 0 aromatic heterocycles. The van der Waals surface area contributed by atoms with Gasteiger partial charge in [0, 0.05) is 11.7 Å². The molecule has 1 aromatic carbocycles. The van der Waals surface area contributed by atoms with Gasteiger partial charge < -0.3 is 10.4 Å². The maximum Gasteiger partial charge on any atom is 0.335 e. The van der Waals surface area contributed by atoms with Crippen molar-refractivity contribution in [3.63, 3.8) is 0 Å². The minimum atomic E-state index is -0.885. The zero-order valence-electron chi connectivity index (χ0n) is 9.02. The van der Waals surface area contributed by atoms with Crippen molar-refractivity contribution in [2.24, 2.45) is 0 Å². The molecule has 0 radical (unpaired) electrons.